The minimum Gasteiger partial charge on any atom is -0.504 e. The van der Waals surface area contributed by atoms with Crippen LogP contribution in [0.15, 0.2) is 60.7 Å². The average Bonchev–Trinajstić information content (AvgIpc) is 3.52. The molecule has 11 heteroatoms. The van der Waals surface area contributed by atoms with Crippen LogP contribution in [0.4, 0.5) is 5.69 Å². The summed E-state index contributed by atoms with van der Waals surface area (Å²) in [7, 11) is 1.43. The fraction of sp³-hybridized carbons (Fsp3) is 0.286. The van der Waals surface area contributed by atoms with E-state index in [4.69, 9.17) is 14.2 Å². The predicted octanol–water partition coefficient (Wildman–Crippen LogP) is 3.56. The largest absolute Gasteiger partial charge is 0.504 e. The molecule has 3 aromatic carbocycles. The number of nitrogens with one attached hydrogen (secondary N) is 1. The van der Waals surface area contributed by atoms with Crippen LogP contribution >= 0.6 is 0 Å². The Morgan fingerprint density at radius 3 is 2.62 bits per heavy atom. The van der Waals surface area contributed by atoms with Crippen LogP contribution in [-0.4, -0.2) is 51.4 Å². The molecule has 0 fully saturated rings. The first kappa shape index (κ1) is 25.8. The lowest BCUT2D eigenvalue weighted by Gasteiger charge is -2.34. The van der Waals surface area contributed by atoms with E-state index in [1.807, 2.05) is 39.0 Å². The van der Waals surface area contributed by atoms with E-state index in [0.29, 0.717) is 33.8 Å². The maximum atomic E-state index is 14.1. The summed E-state index contributed by atoms with van der Waals surface area (Å²) in [5.41, 5.74) is 1.49. The number of carbonyl (C=O) groups excluding carboxylic acids is 2. The number of anilines is 1. The highest BCUT2D eigenvalue weighted by molar-refractivity contribution is 6.02. The minimum atomic E-state index is -1.16. The first-order valence-corrected chi connectivity index (χ1v) is 12.3. The maximum Gasteiger partial charge on any atom is 0.249 e. The second-order valence-corrected chi connectivity index (χ2v) is 10.1. The van der Waals surface area contributed by atoms with E-state index in [-0.39, 0.29) is 24.8 Å². The van der Waals surface area contributed by atoms with Gasteiger partial charge in [-0.15, -0.1) is 5.10 Å². The summed E-state index contributed by atoms with van der Waals surface area (Å²) < 4.78 is 17.7. The Morgan fingerprint density at radius 1 is 1.10 bits per heavy atom. The van der Waals surface area contributed by atoms with Crippen LogP contribution in [0.2, 0.25) is 0 Å². The third-order valence-electron chi connectivity index (χ3n) is 6.13. The van der Waals surface area contributed by atoms with Gasteiger partial charge in [-0.05, 0) is 62.7 Å². The molecule has 0 saturated heterocycles. The molecule has 0 saturated carbocycles. The molecule has 0 aliphatic carbocycles. The van der Waals surface area contributed by atoms with Gasteiger partial charge in [0, 0.05) is 17.3 Å². The van der Waals surface area contributed by atoms with E-state index in [0.717, 1.165) is 0 Å². The SMILES string of the molecule is COc1ccc([C@@H](C(=O)NC(C)(C)C)N(C(=O)Cn2nnc3ccccc32)c2ccc3c(c2)OCO3)cc1O. The van der Waals surface area contributed by atoms with Crippen LogP contribution in [0.25, 0.3) is 11.0 Å². The fourth-order valence-corrected chi connectivity index (χ4v) is 4.44. The zero-order chi connectivity index (χ0) is 27.7. The normalized spacial score (nSPS) is 13.2. The van der Waals surface area contributed by atoms with Crippen molar-refractivity contribution in [3.05, 3.63) is 66.2 Å². The van der Waals surface area contributed by atoms with E-state index in [9.17, 15) is 14.7 Å². The number of rotatable bonds is 7. The number of hydrogen-bond acceptors (Lipinski definition) is 8. The van der Waals surface area contributed by atoms with Crippen molar-refractivity contribution in [1.29, 1.82) is 0 Å². The van der Waals surface area contributed by atoms with Gasteiger partial charge in [0.15, 0.2) is 23.0 Å². The monoisotopic (exact) mass is 531 g/mol. The lowest BCUT2D eigenvalue weighted by Crippen LogP contribution is -2.50. The second kappa shape index (κ2) is 10.2. The van der Waals surface area contributed by atoms with Crippen LogP contribution < -0.4 is 24.4 Å². The maximum absolute atomic E-state index is 14.1. The summed E-state index contributed by atoms with van der Waals surface area (Å²) in [5.74, 6) is 0.179. The molecule has 4 aromatic rings. The van der Waals surface area contributed by atoms with E-state index >= 15 is 0 Å². The van der Waals surface area contributed by atoms with Gasteiger partial charge in [0.2, 0.25) is 18.6 Å². The fourth-order valence-electron chi connectivity index (χ4n) is 4.44. The first-order valence-electron chi connectivity index (χ1n) is 12.3. The van der Waals surface area contributed by atoms with Crippen LogP contribution in [0.3, 0.4) is 0 Å². The Hall–Kier alpha value is -4.80. The lowest BCUT2D eigenvalue weighted by atomic mass is 10.00. The number of carbonyl (C=O) groups is 2. The van der Waals surface area contributed by atoms with Gasteiger partial charge in [0.25, 0.3) is 0 Å². The molecular formula is C28H29N5O6. The van der Waals surface area contributed by atoms with Crippen LogP contribution in [0.5, 0.6) is 23.0 Å². The number of nitrogens with zero attached hydrogens (tertiary/aromatic N) is 4. The quantitative estimate of drug-likeness (QED) is 0.371. The van der Waals surface area contributed by atoms with Crippen molar-refractivity contribution < 1.29 is 28.9 Å². The molecule has 0 unspecified atom stereocenters. The second-order valence-electron chi connectivity index (χ2n) is 10.1. The number of phenols is 1. The molecule has 0 radical (unpaired) electrons. The van der Waals surface area contributed by atoms with Gasteiger partial charge in [-0.2, -0.15) is 0 Å². The van der Waals surface area contributed by atoms with Gasteiger partial charge in [0.1, 0.15) is 18.1 Å². The van der Waals surface area contributed by atoms with Gasteiger partial charge in [-0.1, -0.05) is 23.4 Å². The molecule has 1 aromatic heterocycles. The van der Waals surface area contributed by atoms with E-state index < -0.39 is 23.4 Å². The highest BCUT2D eigenvalue weighted by Crippen LogP contribution is 2.39. The van der Waals surface area contributed by atoms with Crippen molar-refractivity contribution >= 4 is 28.5 Å². The molecule has 39 heavy (non-hydrogen) atoms. The molecular weight excluding hydrogens is 502 g/mol. The van der Waals surface area contributed by atoms with Crippen molar-refractivity contribution in [3.8, 4) is 23.0 Å². The van der Waals surface area contributed by atoms with Crippen molar-refractivity contribution in [3.63, 3.8) is 0 Å². The van der Waals surface area contributed by atoms with E-state index in [1.165, 1.54) is 22.8 Å². The summed E-state index contributed by atoms with van der Waals surface area (Å²) >= 11 is 0. The summed E-state index contributed by atoms with van der Waals surface area (Å²) in [5, 5.41) is 21.9. The van der Waals surface area contributed by atoms with Crippen LogP contribution in [0.1, 0.15) is 32.4 Å². The number of amides is 2. The summed E-state index contributed by atoms with van der Waals surface area (Å²) in [6, 6.07) is 15.8. The number of fused-ring (bicyclic) bond motifs is 2. The number of ether oxygens (including phenoxy) is 3. The van der Waals surface area contributed by atoms with Crippen LogP contribution in [-0.2, 0) is 16.1 Å². The van der Waals surface area contributed by atoms with Gasteiger partial charge in [0.05, 0.1) is 12.6 Å². The number of benzene rings is 3. The standard InChI is InChI=1S/C28H29N5O6/c1-28(2,3)29-27(36)26(17-9-11-22(37-4)21(34)13-17)33(18-10-12-23-24(14-18)39-16-38-23)25(35)15-32-20-8-6-5-7-19(20)30-31-32/h5-14,26,34H,15-16H2,1-4H3,(H,29,36)/t26-/m0/s1. The zero-order valence-electron chi connectivity index (χ0n) is 22.0. The molecule has 2 N–H and O–H groups in total. The van der Waals surface area contributed by atoms with Crippen molar-refractivity contribution in [2.45, 2.75) is 38.9 Å². The number of para-hydroxylation sites is 1. The average molecular weight is 532 g/mol. The van der Waals surface area contributed by atoms with Crippen molar-refractivity contribution in [2.24, 2.45) is 0 Å². The molecule has 2 amide bonds. The Labute approximate surface area is 224 Å². The predicted molar refractivity (Wildman–Crippen MR) is 143 cm³/mol. The Bertz CT molecular complexity index is 1540. The summed E-state index contributed by atoms with van der Waals surface area (Å²) in [6.45, 7) is 5.40. The van der Waals surface area contributed by atoms with Gasteiger partial charge < -0.3 is 24.6 Å². The van der Waals surface area contributed by atoms with E-state index in [1.54, 1.807) is 36.4 Å². The molecule has 0 bridgehead atoms. The number of hydrogen-bond donors (Lipinski definition) is 2. The van der Waals surface area contributed by atoms with Crippen molar-refractivity contribution in [1.82, 2.24) is 20.3 Å². The van der Waals surface area contributed by atoms with Crippen molar-refractivity contribution in [2.75, 3.05) is 18.8 Å². The topological polar surface area (TPSA) is 128 Å². The summed E-state index contributed by atoms with van der Waals surface area (Å²) in [4.78, 5) is 29.4. The van der Waals surface area contributed by atoms with Gasteiger partial charge >= 0.3 is 0 Å². The molecule has 1 aliphatic heterocycles. The molecule has 2 heterocycles. The Morgan fingerprint density at radius 2 is 1.87 bits per heavy atom. The zero-order valence-corrected chi connectivity index (χ0v) is 22.0. The Balaban J connectivity index is 1.64. The third-order valence-corrected chi connectivity index (χ3v) is 6.13. The minimum absolute atomic E-state index is 0.0535. The number of methoxy groups -OCH3 is 1. The number of aromatic nitrogens is 3. The summed E-state index contributed by atoms with van der Waals surface area (Å²) in [6.07, 6.45) is 0. The molecule has 202 valence electrons. The first-order chi connectivity index (χ1) is 18.6. The molecule has 5 rings (SSSR count). The Kier molecular flexibility index (Phi) is 6.73. The highest BCUT2D eigenvalue weighted by atomic mass is 16.7. The third kappa shape index (κ3) is 5.28. The molecule has 1 atom stereocenters. The lowest BCUT2D eigenvalue weighted by molar-refractivity contribution is -0.128. The van der Waals surface area contributed by atoms with E-state index in [2.05, 4.69) is 15.6 Å². The molecule has 1 aliphatic rings. The number of phenolic OH excluding ortho intramolecular Hbond substituents is 1. The van der Waals surface area contributed by atoms with Crippen LogP contribution in [0, 0.1) is 0 Å². The highest BCUT2D eigenvalue weighted by Gasteiger charge is 2.36. The molecule has 0 spiro atoms. The van der Waals surface area contributed by atoms with Gasteiger partial charge in [-0.3, -0.25) is 14.5 Å². The van der Waals surface area contributed by atoms with Gasteiger partial charge in [-0.25, -0.2) is 4.68 Å². The smallest absolute Gasteiger partial charge is 0.249 e. The molecule has 11 nitrogen and oxygen atoms in total. The number of aromatic hydroxyl groups is 1.